The first kappa shape index (κ1) is 12.2. The molecule has 0 aliphatic rings. The van der Waals surface area contributed by atoms with Crippen LogP contribution in [0.4, 0.5) is 11.5 Å². The van der Waals surface area contributed by atoms with E-state index in [1.807, 2.05) is 13.8 Å². The molecule has 0 aliphatic heterocycles. The molecular weight excluding hydrogens is 232 g/mol. The molecule has 0 fully saturated rings. The minimum Gasteiger partial charge on any atom is -0.382 e. The molecule has 7 nitrogen and oxygen atoms in total. The molecule has 0 atom stereocenters. The Labute approximate surface area is 105 Å². The van der Waals surface area contributed by atoms with E-state index in [9.17, 15) is 4.79 Å². The van der Waals surface area contributed by atoms with Crippen LogP contribution in [0.3, 0.4) is 0 Å². The van der Waals surface area contributed by atoms with Crippen LogP contribution in [0.25, 0.3) is 0 Å². The van der Waals surface area contributed by atoms with Gasteiger partial charge < -0.3 is 11.1 Å². The first-order valence-electron chi connectivity index (χ1n) is 5.67. The molecule has 18 heavy (non-hydrogen) atoms. The average Bonchev–Trinajstić information content (AvgIpc) is 2.88. The third-order valence-corrected chi connectivity index (χ3v) is 2.38. The quantitative estimate of drug-likeness (QED) is 0.840. The maximum Gasteiger partial charge on any atom is 0.246 e. The summed E-state index contributed by atoms with van der Waals surface area (Å²) in [7, 11) is 0. The van der Waals surface area contributed by atoms with Gasteiger partial charge in [0.1, 0.15) is 12.4 Å². The van der Waals surface area contributed by atoms with Gasteiger partial charge in [-0.1, -0.05) is 0 Å². The Morgan fingerprint density at radius 1 is 1.56 bits per heavy atom. The SMILES string of the molecule is CC(C)n1cc(NC(=O)Cn2ccc(N)n2)cn1. The van der Waals surface area contributed by atoms with Crippen LogP contribution in [0.2, 0.25) is 0 Å². The molecule has 0 saturated carbocycles. The number of nitrogen functional groups attached to an aromatic ring is 1. The highest BCUT2D eigenvalue weighted by Crippen LogP contribution is 2.09. The molecule has 0 aromatic carbocycles. The van der Waals surface area contributed by atoms with Crippen LogP contribution in [-0.2, 0) is 11.3 Å². The van der Waals surface area contributed by atoms with E-state index in [4.69, 9.17) is 5.73 Å². The summed E-state index contributed by atoms with van der Waals surface area (Å²) in [6.07, 6.45) is 5.07. The molecule has 0 saturated heterocycles. The van der Waals surface area contributed by atoms with Gasteiger partial charge >= 0.3 is 0 Å². The molecule has 0 spiro atoms. The number of anilines is 2. The Balaban J connectivity index is 1.94. The van der Waals surface area contributed by atoms with E-state index in [0.717, 1.165) is 0 Å². The van der Waals surface area contributed by atoms with E-state index in [-0.39, 0.29) is 18.5 Å². The summed E-state index contributed by atoms with van der Waals surface area (Å²) in [5.74, 6) is 0.233. The lowest BCUT2D eigenvalue weighted by molar-refractivity contribution is -0.116. The predicted octanol–water partition coefficient (Wildman–Crippen LogP) is 0.881. The van der Waals surface area contributed by atoms with E-state index < -0.39 is 0 Å². The lowest BCUT2D eigenvalue weighted by Gasteiger charge is -2.04. The van der Waals surface area contributed by atoms with E-state index in [2.05, 4.69) is 15.5 Å². The number of rotatable bonds is 4. The molecule has 2 heterocycles. The highest BCUT2D eigenvalue weighted by molar-refractivity contribution is 5.90. The number of carbonyl (C=O) groups is 1. The van der Waals surface area contributed by atoms with E-state index >= 15 is 0 Å². The van der Waals surface area contributed by atoms with Gasteiger partial charge in [0, 0.05) is 18.4 Å². The molecule has 0 radical (unpaired) electrons. The largest absolute Gasteiger partial charge is 0.382 e. The summed E-state index contributed by atoms with van der Waals surface area (Å²) in [5.41, 5.74) is 6.14. The van der Waals surface area contributed by atoms with Crippen LogP contribution < -0.4 is 11.1 Å². The summed E-state index contributed by atoms with van der Waals surface area (Å²) >= 11 is 0. The maximum atomic E-state index is 11.7. The number of hydrogen-bond donors (Lipinski definition) is 2. The molecule has 0 bridgehead atoms. The van der Waals surface area contributed by atoms with Gasteiger partial charge in [-0.2, -0.15) is 10.2 Å². The third kappa shape index (κ3) is 2.88. The van der Waals surface area contributed by atoms with Crippen LogP contribution in [0.5, 0.6) is 0 Å². The van der Waals surface area contributed by atoms with Gasteiger partial charge in [-0.15, -0.1) is 0 Å². The predicted molar refractivity (Wildman–Crippen MR) is 67.9 cm³/mol. The average molecular weight is 248 g/mol. The van der Waals surface area contributed by atoms with Crippen molar-refractivity contribution in [3.8, 4) is 0 Å². The van der Waals surface area contributed by atoms with Crippen LogP contribution in [0.15, 0.2) is 24.7 Å². The molecule has 2 rings (SSSR count). The summed E-state index contributed by atoms with van der Waals surface area (Å²) in [6, 6.07) is 1.91. The lowest BCUT2D eigenvalue weighted by atomic mass is 10.4. The molecule has 0 aliphatic carbocycles. The number of aromatic nitrogens is 4. The summed E-state index contributed by atoms with van der Waals surface area (Å²) in [4.78, 5) is 11.7. The molecule has 2 aromatic rings. The molecule has 2 aromatic heterocycles. The normalized spacial score (nSPS) is 10.8. The highest BCUT2D eigenvalue weighted by atomic mass is 16.2. The molecular formula is C11H16N6O. The van der Waals surface area contributed by atoms with Gasteiger partial charge in [0.25, 0.3) is 0 Å². The monoisotopic (exact) mass is 248 g/mol. The maximum absolute atomic E-state index is 11.7. The van der Waals surface area contributed by atoms with Gasteiger partial charge in [-0.05, 0) is 19.9 Å². The second-order valence-corrected chi connectivity index (χ2v) is 4.29. The fourth-order valence-electron chi connectivity index (χ4n) is 1.50. The first-order chi connectivity index (χ1) is 8.54. The Morgan fingerprint density at radius 2 is 2.33 bits per heavy atom. The van der Waals surface area contributed by atoms with Crippen molar-refractivity contribution in [1.29, 1.82) is 0 Å². The molecule has 1 amide bonds. The number of nitrogens with zero attached hydrogens (tertiary/aromatic N) is 4. The zero-order valence-electron chi connectivity index (χ0n) is 10.4. The summed E-state index contributed by atoms with van der Waals surface area (Å²) in [6.45, 7) is 4.17. The van der Waals surface area contributed by atoms with Crippen LogP contribution in [-0.4, -0.2) is 25.5 Å². The van der Waals surface area contributed by atoms with E-state index in [0.29, 0.717) is 11.5 Å². The van der Waals surface area contributed by atoms with Crippen LogP contribution in [0, 0.1) is 0 Å². The van der Waals surface area contributed by atoms with Crippen molar-refractivity contribution in [2.75, 3.05) is 11.1 Å². The van der Waals surface area contributed by atoms with Crippen molar-refractivity contribution in [3.63, 3.8) is 0 Å². The van der Waals surface area contributed by atoms with Crippen molar-refractivity contribution < 1.29 is 4.79 Å². The second kappa shape index (κ2) is 4.91. The van der Waals surface area contributed by atoms with Crippen LogP contribution >= 0.6 is 0 Å². The Hall–Kier alpha value is -2.31. The van der Waals surface area contributed by atoms with E-state index in [1.165, 1.54) is 4.68 Å². The fourth-order valence-corrected chi connectivity index (χ4v) is 1.50. The fraction of sp³-hybridized carbons (Fsp3) is 0.364. The van der Waals surface area contributed by atoms with Gasteiger partial charge in [0.15, 0.2) is 0 Å². The minimum atomic E-state index is -0.165. The van der Waals surface area contributed by atoms with Gasteiger partial charge in [-0.25, -0.2) is 0 Å². The van der Waals surface area contributed by atoms with Crippen molar-refractivity contribution in [3.05, 3.63) is 24.7 Å². The lowest BCUT2D eigenvalue weighted by Crippen LogP contribution is -2.18. The van der Waals surface area contributed by atoms with Crippen molar-refractivity contribution in [1.82, 2.24) is 19.6 Å². The highest BCUT2D eigenvalue weighted by Gasteiger charge is 2.07. The standard InChI is InChI=1S/C11H16N6O/c1-8(2)17-6-9(5-13-17)14-11(18)7-16-4-3-10(12)15-16/h3-6,8H,7H2,1-2H3,(H2,12,15)(H,14,18). The van der Waals surface area contributed by atoms with Gasteiger partial charge in [0.05, 0.1) is 11.9 Å². The van der Waals surface area contributed by atoms with Crippen molar-refractivity contribution in [2.24, 2.45) is 0 Å². The molecule has 7 heteroatoms. The molecule has 96 valence electrons. The number of amides is 1. The van der Waals surface area contributed by atoms with Crippen molar-refractivity contribution in [2.45, 2.75) is 26.4 Å². The zero-order chi connectivity index (χ0) is 13.1. The Bertz CT molecular complexity index is 541. The number of hydrogen-bond acceptors (Lipinski definition) is 4. The smallest absolute Gasteiger partial charge is 0.246 e. The van der Waals surface area contributed by atoms with Gasteiger partial charge in [-0.3, -0.25) is 14.2 Å². The van der Waals surface area contributed by atoms with E-state index in [1.54, 1.807) is 29.3 Å². The van der Waals surface area contributed by atoms with Gasteiger partial charge in [0.2, 0.25) is 5.91 Å². The summed E-state index contributed by atoms with van der Waals surface area (Å²) < 4.78 is 3.26. The Kier molecular flexibility index (Phi) is 3.31. The second-order valence-electron chi connectivity index (χ2n) is 4.29. The number of carbonyl (C=O) groups excluding carboxylic acids is 1. The third-order valence-electron chi connectivity index (χ3n) is 2.38. The zero-order valence-corrected chi connectivity index (χ0v) is 10.4. The number of nitrogens with one attached hydrogen (secondary N) is 1. The molecule has 3 N–H and O–H groups in total. The van der Waals surface area contributed by atoms with Crippen LogP contribution in [0.1, 0.15) is 19.9 Å². The Morgan fingerprint density at radius 3 is 2.89 bits per heavy atom. The molecule has 0 unspecified atom stereocenters. The van der Waals surface area contributed by atoms with Crippen molar-refractivity contribution >= 4 is 17.4 Å². The minimum absolute atomic E-state index is 0.129. The topological polar surface area (TPSA) is 90.8 Å². The first-order valence-corrected chi connectivity index (χ1v) is 5.67. The number of nitrogens with two attached hydrogens (primary N) is 1. The summed E-state index contributed by atoms with van der Waals surface area (Å²) in [5, 5.41) is 10.8.